The van der Waals surface area contributed by atoms with Gasteiger partial charge in [0.1, 0.15) is 5.82 Å². The summed E-state index contributed by atoms with van der Waals surface area (Å²) in [6.45, 7) is 4.76. The number of benzene rings is 2. The molecule has 134 valence electrons. The predicted molar refractivity (Wildman–Crippen MR) is 104 cm³/mol. The Hall–Kier alpha value is -2.38. The van der Waals surface area contributed by atoms with Crippen molar-refractivity contribution in [3.63, 3.8) is 0 Å². The summed E-state index contributed by atoms with van der Waals surface area (Å²) in [5.41, 5.74) is 7.13. The highest BCUT2D eigenvalue weighted by Gasteiger charge is 2.14. The Morgan fingerprint density at radius 2 is 1.88 bits per heavy atom. The quantitative estimate of drug-likeness (QED) is 0.614. The summed E-state index contributed by atoms with van der Waals surface area (Å²) >= 11 is 9.30. The molecule has 0 bridgehead atoms. The topological polar surface area (TPSA) is 76.0 Å². The molecule has 2 N–H and O–H groups in total. The lowest BCUT2D eigenvalue weighted by Gasteiger charge is -2.09. The molecule has 0 spiro atoms. The highest BCUT2D eigenvalue weighted by Crippen LogP contribution is 2.21. The zero-order valence-corrected chi connectivity index (χ0v) is 16.5. The van der Waals surface area contributed by atoms with Gasteiger partial charge in [0.2, 0.25) is 0 Å². The average molecular weight is 436 g/mol. The summed E-state index contributed by atoms with van der Waals surface area (Å²) in [7, 11) is 0. The second-order valence-electron chi connectivity index (χ2n) is 5.64. The van der Waals surface area contributed by atoms with E-state index >= 15 is 0 Å². The minimum Gasteiger partial charge on any atom is -0.329 e. The van der Waals surface area contributed by atoms with Crippen LogP contribution in [0.5, 0.6) is 0 Å². The number of nitrogens with one attached hydrogen (secondary N) is 2. The molecule has 0 saturated heterocycles. The van der Waals surface area contributed by atoms with Crippen molar-refractivity contribution in [1.29, 1.82) is 0 Å². The zero-order valence-electron chi connectivity index (χ0n) is 14.1. The number of nitrogens with zero attached hydrogens (tertiary/aromatic N) is 2. The molecule has 0 atom stereocenters. The predicted octanol–water partition coefficient (Wildman–Crippen LogP) is 3.86. The maximum atomic E-state index is 12.3. The van der Waals surface area contributed by atoms with E-state index in [0.717, 1.165) is 23.4 Å². The third kappa shape index (κ3) is 3.59. The molecule has 0 unspecified atom stereocenters. The van der Waals surface area contributed by atoms with Gasteiger partial charge in [-0.2, -0.15) is 0 Å². The molecule has 2 aromatic carbocycles. The van der Waals surface area contributed by atoms with Crippen LogP contribution >= 0.6 is 27.5 Å². The van der Waals surface area contributed by atoms with Gasteiger partial charge in [0.15, 0.2) is 0 Å². The van der Waals surface area contributed by atoms with Gasteiger partial charge in [-0.1, -0.05) is 27.5 Å². The van der Waals surface area contributed by atoms with Crippen molar-refractivity contribution in [2.75, 3.05) is 0 Å². The van der Waals surface area contributed by atoms with Gasteiger partial charge < -0.3 is 4.57 Å². The molecule has 3 aromatic rings. The number of hydrogen-bond donors (Lipinski definition) is 2. The Bertz CT molecular complexity index is 1020. The molecule has 0 radical (unpaired) electrons. The minimum atomic E-state index is -0.503. The molecule has 8 heteroatoms. The SMILES string of the molecule is CCn1c(C)nc2cc(C(=O)NNC(=O)c3cc(Br)ccc3Cl)ccc21. The number of carbonyl (C=O) groups is 2. The number of aromatic nitrogens is 2. The van der Waals surface area contributed by atoms with Gasteiger partial charge in [-0.25, -0.2) is 4.98 Å². The van der Waals surface area contributed by atoms with Gasteiger partial charge in [0, 0.05) is 16.6 Å². The highest BCUT2D eigenvalue weighted by atomic mass is 79.9. The van der Waals surface area contributed by atoms with E-state index in [1.807, 2.05) is 19.9 Å². The molecule has 0 aliphatic heterocycles. The van der Waals surface area contributed by atoms with E-state index in [-0.39, 0.29) is 5.56 Å². The van der Waals surface area contributed by atoms with Gasteiger partial charge in [-0.3, -0.25) is 20.4 Å². The molecule has 0 saturated carbocycles. The monoisotopic (exact) mass is 434 g/mol. The number of hydrazine groups is 1. The lowest BCUT2D eigenvalue weighted by Crippen LogP contribution is -2.41. The van der Waals surface area contributed by atoms with Gasteiger partial charge in [-0.05, 0) is 50.2 Å². The van der Waals surface area contributed by atoms with Gasteiger partial charge in [0.05, 0.1) is 21.6 Å². The van der Waals surface area contributed by atoms with Crippen LogP contribution in [0.1, 0.15) is 33.5 Å². The van der Waals surface area contributed by atoms with Crippen molar-refractivity contribution in [2.45, 2.75) is 20.4 Å². The van der Waals surface area contributed by atoms with Gasteiger partial charge in [-0.15, -0.1) is 0 Å². The van der Waals surface area contributed by atoms with Crippen molar-refractivity contribution in [2.24, 2.45) is 0 Å². The molecule has 0 aliphatic carbocycles. The van der Waals surface area contributed by atoms with Crippen LogP contribution in [0.3, 0.4) is 0 Å². The van der Waals surface area contributed by atoms with Crippen LogP contribution in [0.2, 0.25) is 5.02 Å². The first-order valence-electron chi connectivity index (χ1n) is 7.93. The van der Waals surface area contributed by atoms with Gasteiger partial charge in [0.25, 0.3) is 11.8 Å². The molecular formula is C18H16BrClN4O2. The Kier molecular flexibility index (Phi) is 5.29. The second-order valence-corrected chi connectivity index (χ2v) is 6.96. The van der Waals surface area contributed by atoms with Gasteiger partial charge >= 0.3 is 0 Å². The zero-order chi connectivity index (χ0) is 18.8. The fourth-order valence-electron chi connectivity index (χ4n) is 2.72. The van der Waals surface area contributed by atoms with E-state index in [1.54, 1.807) is 30.3 Å². The van der Waals surface area contributed by atoms with Crippen LogP contribution in [0.15, 0.2) is 40.9 Å². The maximum absolute atomic E-state index is 12.3. The first kappa shape index (κ1) is 18.4. The summed E-state index contributed by atoms with van der Waals surface area (Å²) in [4.78, 5) is 29.0. The largest absolute Gasteiger partial charge is 0.329 e. The van der Waals surface area contributed by atoms with E-state index in [0.29, 0.717) is 15.1 Å². The van der Waals surface area contributed by atoms with Crippen molar-refractivity contribution < 1.29 is 9.59 Å². The molecule has 0 aliphatic rings. The number of hydrogen-bond acceptors (Lipinski definition) is 3. The second kappa shape index (κ2) is 7.47. The van der Waals surface area contributed by atoms with Crippen molar-refractivity contribution in [3.05, 3.63) is 62.8 Å². The van der Waals surface area contributed by atoms with Crippen LogP contribution < -0.4 is 10.9 Å². The summed E-state index contributed by atoms with van der Waals surface area (Å²) in [6.07, 6.45) is 0. The standard InChI is InChI=1S/C18H16BrClN4O2/c1-3-24-10(2)21-15-8-11(4-7-16(15)24)17(25)22-23-18(26)13-9-12(19)5-6-14(13)20/h4-9H,3H2,1-2H3,(H,22,25)(H,23,26). The van der Waals surface area contributed by atoms with Crippen LogP contribution in [-0.2, 0) is 6.54 Å². The number of rotatable bonds is 3. The lowest BCUT2D eigenvalue weighted by atomic mass is 10.2. The normalized spacial score (nSPS) is 10.8. The maximum Gasteiger partial charge on any atom is 0.271 e. The number of halogens is 2. The first-order valence-corrected chi connectivity index (χ1v) is 9.10. The Labute approximate surface area is 163 Å². The van der Waals surface area contributed by atoms with E-state index in [4.69, 9.17) is 11.6 Å². The van der Waals surface area contributed by atoms with Crippen molar-refractivity contribution in [3.8, 4) is 0 Å². The molecule has 1 aromatic heterocycles. The Balaban J connectivity index is 1.75. The van der Waals surface area contributed by atoms with Crippen LogP contribution in [0.25, 0.3) is 11.0 Å². The molecule has 6 nitrogen and oxygen atoms in total. The highest BCUT2D eigenvalue weighted by molar-refractivity contribution is 9.10. The minimum absolute atomic E-state index is 0.258. The molecular weight excluding hydrogens is 420 g/mol. The third-order valence-corrected chi connectivity index (χ3v) is 4.80. The Morgan fingerprint density at radius 1 is 1.15 bits per heavy atom. The van der Waals surface area contributed by atoms with E-state index in [2.05, 4.69) is 36.3 Å². The molecule has 2 amide bonds. The summed E-state index contributed by atoms with van der Waals surface area (Å²) in [5.74, 6) is -0.0513. The van der Waals surface area contributed by atoms with Crippen molar-refractivity contribution in [1.82, 2.24) is 20.4 Å². The van der Waals surface area contributed by atoms with E-state index in [1.165, 1.54) is 0 Å². The van der Waals surface area contributed by atoms with E-state index in [9.17, 15) is 9.59 Å². The number of aryl methyl sites for hydroxylation is 2. The summed E-state index contributed by atoms with van der Waals surface area (Å²) < 4.78 is 2.78. The molecule has 3 rings (SSSR count). The summed E-state index contributed by atoms with van der Waals surface area (Å²) in [6, 6.07) is 10.1. The number of imidazole rings is 1. The smallest absolute Gasteiger partial charge is 0.271 e. The third-order valence-electron chi connectivity index (χ3n) is 3.98. The average Bonchev–Trinajstić information content (AvgIpc) is 2.95. The van der Waals surface area contributed by atoms with Crippen LogP contribution in [-0.4, -0.2) is 21.4 Å². The molecule has 0 fully saturated rings. The Morgan fingerprint density at radius 3 is 2.62 bits per heavy atom. The fourth-order valence-corrected chi connectivity index (χ4v) is 3.28. The number of fused-ring (bicyclic) bond motifs is 1. The van der Waals surface area contributed by atoms with Crippen molar-refractivity contribution >= 4 is 50.4 Å². The molecule has 1 heterocycles. The van der Waals surface area contributed by atoms with Crippen LogP contribution in [0.4, 0.5) is 0 Å². The van der Waals surface area contributed by atoms with Crippen LogP contribution in [0, 0.1) is 6.92 Å². The van der Waals surface area contributed by atoms with E-state index < -0.39 is 11.8 Å². The lowest BCUT2D eigenvalue weighted by molar-refractivity contribution is 0.0847. The number of carbonyl (C=O) groups excluding carboxylic acids is 2. The fraction of sp³-hybridized carbons (Fsp3) is 0.167. The summed E-state index contributed by atoms with van der Waals surface area (Å²) in [5, 5.41) is 0.293. The molecule has 26 heavy (non-hydrogen) atoms. The number of amides is 2. The first-order chi connectivity index (χ1) is 12.4.